The second-order valence-electron chi connectivity index (χ2n) is 5.96. The Morgan fingerprint density at radius 2 is 1.78 bits per heavy atom. The van der Waals surface area contributed by atoms with E-state index in [4.69, 9.17) is 9.47 Å². The second-order valence-corrected chi connectivity index (χ2v) is 6.95. The molecule has 0 spiro atoms. The highest BCUT2D eigenvalue weighted by atomic mass is 32.2. The summed E-state index contributed by atoms with van der Waals surface area (Å²) in [6.45, 7) is 8.70. The number of hydrogen-bond acceptors (Lipinski definition) is 6. The summed E-state index contributed by atoms with van der Waals surface area (Å²) in [5.41, 5.74) is -0.650. The number of rotatable bonds is 8. The van der Waals surface area contributed by atoms with Crippen molar-refractivity contribution in [2.24, 2.45) is 0 Å². The molecule has 0 bridgehead atoms. The number of amides is 2. The summed E-state index contributed by atoms with van der Waals surface area (Å²) in [5.74, 6) is -0.269. The highest BCUT2D eigenvalue weighted by molar-refractivity contribution is 7.98. The van der Waals surface area contributed by atoms with Crippen LogP contribution in [-0.2, 0) is 19.1 Å². The van der Waals surface area contributed by atoms with Gasteiger partial charge in [-0.05, 0) is 53.0 Å². The number of alkyl carbamates (subject to hydrolysis) is 1. The van der Waals surface area contributed by atoms with E-state index in [0.29, 0.717) is 12.2 Å². The SMILES string of the molecule is CCOC(=O)[C@H](C)NC(=O)[C@H](CCSC)NC(=O)OC(C)(C)C. The van der Waals surface area contributed by atoms with Gasteiger partial charge >= 0.3 is 12.1 Å². The number of carbonyl (C=O) groups is 3. The van der Waals surface area contributed by atoms with Gasteiger partial charge in [-0.1, -0.05) is 0 Å². The lowest BCUT2D eigenvalue weighted by Gasteiger charge is -2.24. The molecule has 0 aliphatic carbocycles. The van der Waals surface area contributed by atoms with Gasteiger partial charge in [-0.3, -0.25) is 4.79 Å². The van der Waals surface area contributed by atoms with E-state index in [0.717, 1.165) is 0 Å². The van der Waals surface area contributed by atoms with Crippen LogP contribution in [0.15, 0.2) is 0 Å². The van der Waals surface area contributed by atoms with Crippen LogP contribution >= 0.6 is 11.8 Å². The van der Waals surface area contributed by atoms with Crippen LogP contribution in [0.3, 0.4) is 0 Å². The van der Waals surface area contributed by atoms with Crippen molar-refractivity contribution in [2.75, 3.05) is 18.6 Å². The van der Waals surface area contributed by atoms with Crippen molar-refractivity contribution >= 4 is 29.7 Å². The topological polar surface area (TPSA) is 93.7 Å². The predicted molar refractivity (Wildman–Crippen MR) is 90.4 cm³/mol. The van der Waals surface area contributed by atoms with Crippen LogP contribution in [0.1, 0.15) is 41.0 Å². The summed E-state index contributed by atoms with van der Waals surface area (Å²) in [7, 11) is 0. The Kier molecular flexibility index (Phi) is 9.71. The minimum absolute atomic E-state index is 0.241. The van der Waals surface area contributed by atoms with E-state index >= 15 is 0 Å². The van der Waals surface area contributed by atoms with E-state index < -0.39 is 35.7 Å². The Morgan fingerprint density at radius 1 is 1.17 bits per heavy atom. The molecule has 0 saturated heterocycles. The molecule has 7 nitrogen and oxygen atoms in total. The van der Waals surface area contributed by atoms with E-state index in [2.05, 4.69) is 10.6 Å². The maximum atomic E-state index is 12.3. The van der Waals surface area contributed by atoms with Crippen LogP contribution in [0, 0.1) is 0 Å². The summed E-state index contributed by atoms with van der Waals surface area (Å²) in [6, 6.07) is -1.55. The van der Waals surface area contributed by atoms with Crippen molar-refractivity contribution in [3.05, 3.63) is 0 Å². The maximum absolute atomic E-state index is 12.3. The maximum Gasteiger partial charge on any atom is 0.408 e. The number of ether oxygens (including phenoxy) is 2. The highest BCUT2D eigenvalue weighted by Gasteiger charge is 2.26. The first kappa shape index (κ1) is 21.6. The van der Waals surface area contributed by atoms with Gasteiger partial charge in [0.2, 0.25) is 5.91 Å². The molecule has 0 aliphatic rings. The fraction of sp³-hybridized carbons (Fsp3) is 0.800. The zero-order valence-corrected chi connectivity index (χ0v) is 15.5. The van der Waals surface area contributed by atoms with Crippen molar-refractivity contribution in [3.63, 3.8) is 0 Å². The lowest BCUT2D eigenvalue weighted by molar-refractivity contribution is -0.147. The van der Waals surface area contributed by atoms with Crippen molar-refractivity contribution in [1.29, 1.82) is 0 Å². The lowest BCUT2D eigenvalue weighted by atomic mass is 10.2. The van der Waals surface area contributed by atoms with Crippen molar-refractivity contribution < 1.29 is 23.9 Å². The third-order valence-corrected chi connectivity index (χ3v) is 3.26. The highest BCUT2D eigenvalue weighted by Crippen LogP contribution is 2.08. The molecule has 0 fully saturated rings. The predicted octanol–water partition coefficient (Wildman–Crippen LogP) is 1.70. The van der Waals surface area contributed by atoms with Crippen LogP contribution in [0.4, 0.5) is 4.79 Å². The molecule has 0 heterocycles. The normalized spacial score (nSPS) is 13.7. The molecule has 2 atom stereocenters. The van der Waals surface area contributed by atoms with Gasteiger partial charge in [-0.15, -0.1) is 0 Å². The Balaban J connectivity index is 4.71. The lowest BCUT2D eigenvalue weighted by Crippen LogP contribution is -2.52. The summed E-state index contributed by atoms with van der Waals surface area (Å²) < 4.78 is 10.0. The fourth-order valence-corrected chi connectivity index (χ4v) is 2.07. The summed E-state index contributed by atoms with van der Waals surface area (Å²) in [5, 5.41) is 5.09. The van der Waals surface area contributed by atoms with Gasteiger partial charge in [0.25, 0.3) is 0 Å². The molecule has 8 heteroatoms. The van der Waals surface area contributed by atoms with Crippen LogP contribution in [-0.4, -0.2) is 54.3 Å². The third kappa shape index (κ3) is 10.0. The average Bonchev–Trinajstić information content (AvgIpc) is 2.41. The van der Waals surface area contributed by atoms with Crippen LogP contribution < -0.4 is 10.6 Å². The molecule has 23 heavy (non-hydrogen) atoms. The zero-order chi connectivity index (χ0) is 18.0. The van der Waals surface area contributed by atoms with Gasteiger partial charge < -0.3 is 20.1 Å². The summed E-state index contributed by atoms with van der Waals surface area (Å²) in [6.07, 6.45) is 1.67. The Morgan fingerprint density at radius 3 is 2.26 bits per heavy atom. The van der Waals surface area contributed by atoms with Crippen molar-refractivity contribution in [3.8, 4) is 0 Å². The molecule has 0 aromatic heterocycles. The van der Waals surface area contributed by atoms with E-state index in [-0.39, 0.29) is 6.61 Å². The molecule has 0 unspecified atom stereocenters. The molecule has 0 rings (SSSR count). The van der Waals surface area contributed by atoms with Crippen LogP contribution in [0.5, 0.6) is 0 Å². The smallest absolute Gasteiger partial charge is 0.408 e. The van der Waals surface area contributed by atoms with Gasteiger partial charge in [0.1, 0.15) is 17.7 Å². The van der Waals surface area contributed by atoms with Crippen LogP contribution in [0.25, 0.3) is 0 Å². The molecular weight excluding hydrogens is 320 g/mol. The Bertz CT molecular complexity index is 409. The van der Waals surface area contributed by atoms with E-state index in [1.54, 1.807) is 39.5 Å². The molecule has 0 aromatic rings. The quantitative estimate of drug-likeness (QED) is 0.649. The van der Waals surface area contributed by atoms with E-state index in [1.807, 2.05) is 6.26 Å². The third-order valence-electron chi connectivity index (χ3n) is 2.62. The second kappa shape index (κ2) is 10.4. The number of thioether (sulfide) groups is 1. The van der Waals surface area contributed by atoms with Gasteiger partial charge in [-0.25, -0.2) is 9.59 Å². The first-order valence-corrected chi connectivity index (χ1v) is 8.95. The van der Waals surface area contributed by atoms with Gasteiger partial charge in [-0.2, -0.15) is 11.8 Å². The number of carbonyl (C=O) groups excluding carboxylic acids is 3. The minimum atomic E-state index is -0.778. The monoisotopic (exact) mass is 348 g/mol. The Labute approximate surface area is 142 Å². The van der Waals surface area contributed by atoms with E-state index in [1.165, 1.54) is 6.92 Å². The summed E-state index contributed by atoms with van der Waals surface area (Å²) in [4.78, 5) is 35.7. The van der Waals surface area contributed by atoms with Crippen molar-refractivity contribution in [2.45, 2.75) is 58.7 Å². The molecule has 0 saturated carbocycles. The molecule has 0 aromatic carbocycles. The first-order valence-electron chi connectivity index (χ1n) is 7.56. The fourth-order valence-electron chi connectivity index (χ4n) is 1.59. The first-order chi connectivity index (χ1) is 10.6. The Hall–Kier alpha value is -1.44. The van der Waals surface area contributed by atoms with Gasteiger partial charge in [0.15, 0.2) is 0 Å². The molecule has 0 radical (unpaired) electrons. The molecule has 2 amide bonds. The molecule has 134 valence electrons. The van der Waals surface area contributed by atoms with Crippen LogP contribution in [0.2, 0.25) is 0 Å². The standard InChI is InChI=1S/C15H28N2O5S/c1-7-21-13(19)10(2)16-12(18)11(8-9-23-6)17-14(20)22-15(3,4)5/h10-11H,7-9H2,1-6H3,(H,16,18)(H,17,20)/t10-,11-/m0/s1. The number of hydrogen-bond donors (Lipinski definition) is 2. The molecular formula is C15H28N2O5S. The van der Waals surface area contributed by atoms with Gasteiger partial charge in [0.05, 0.1) is 6.61 Å². The number of nitrogens with one attached hydrogen (secondary N) is 2. The number of esters is 1. The summed E-state index contributed by atoms with van der Waals surface area (Å²) >= 11 is 1.56. The minimum Gasteiger partial charge on any atom is -0.464 e. The zero-order valence-electron chi connectivity index (χ0n) is 14.7. The molecule has 0 aliphatic heterocycles. The largest absolute Gasteiger partial charge is 0.464 e. The average molecular weight is 348 g/mol. The van der Waals surface area contributed by atoms with Crippen molar-refractivity contribution in [1.82, 2.24) is 10.6 Å². The molecule has 2 N–H and O–H groups in total. The van der Waals surface area contributed by atoms with E-state index in [9.17, 15) is 14.4 Å². The van der Waals surface area contributed by atoms with Gasteiger partial charge in [0, 0.05) is 0 Å².